The van der Waals surface area contributed by atoms with Gasteiger partial charge >= 0.3 is 0 Å². The van der Waals surface area contributed by atoms with E-state index in [0.717, 1.165) is 22.8 Å². The Balaban J connectivity index is 3.16. The van der Waals surface area contributed by atoms with Crippen LogP contribution in [0.4, 0.5) is 0 Å². The lowest BCUT2D eigenvalue weighted by Crippen LogP contribution is -2.17. The summed E-state index contributed by atoms with van der Waals surface area (Å²) in [7, 11) is 1.69. The van der Waals surface area contributed by atoms with Crippen LogP contribution in [0.3, 0.4) is 0 Å². The number of hydrogen-bond donors (Lipinski definition) is 0. The zero-order valence-corrected chi connectivity index (χ0v) is 12.5. The molecule has 1 aromatic carbocycles. The molecule has 0 heterocycles. The molecule has 1 rings (SSSR count). The summed E-state index contributed by atoms with van der Waals surface area (Å²) in [6, 6.07) is 5.73. The van der Waals surface area contributed by atoms with Crippen molar-refractivity contribution in [2.45, 2.75) is 32.0 Å². The highest BCUT2D eigenvalue weighted by molar-refractivity contribution is 9.09. The lowest BCUT2D eigenvalue weighted by molar-refractivity contribution is 0.335. The van der Waals surface area contributed by atoms with Crippen molar-refractivity contribution >= 4 is 27.5 Å². The summed E-state index contributed by atoms with van der Waals surface area (Å²) < 4.78 is 5.37. The van der Waals surface area contributed by atoms with Gasteiger partial charge in [-0.3, -0.25) is 0 Å². The predicted molar refractivity (Wildman–Crippen MR) is 73.7 cm³/mol. The van der Waals surface area contributed by atoms with Gasteiger partial charge in [0.2, 0.25) is 0 Å². The fourth-order valence-corrected chi connectivity index (χ4v) is 2.37. The number of benzene rings is 1. The van der Waals surface area contributed by atoms with Crippen LogP contribution >= 0.6 is 27.5 Å². The van der Waals surface area contributed by atoms with E-state index in [1.807, 2.05) is 18.2 Å². The van der Waals surface area contributed by atoms with Crippen LogP contribution in [-0.4, -0.2) is 7.11 Å². The Kier molecular flexibility index (Phi) is 4.69. The maximum absolute atomic E-state index is 6.03. The first-order valence-electron chi connectivity index (χ1n) is 5.40. The van der Waals surface area contributed by atoms with Gasteiger partial charge in [0.25, 0.3) is 0 Å². The van der Waals surface area contributed by atoms with Crippen molar-refractivity contribution in [2.75, 3.05) is 7.11 Å². The standard InChI is InChI=1S/C13H18BrClO/c1-5-13(2,3)12(14)10-8-9(15)6-7-11(10)16-4/h6-8,12H,5H2,1-4H3. The lowest BCUT2D eigenvalue weighted by Gasteiger charge is -2.30. The molecule has 3 heteroatoms. The third kappa shape index (κ3) is 2.92. The number of alkyl halides is 1. The Morgan fingerprint density at radius 1 is 1.44 bits per heavy atom. The van der Waals surface area contributed by atoms with Crippen LogP contribution in [0.1, 0.15) is 37.6 Å². The van der Waals surface area contributed by atoms with E-state index in [4.69, 9.17) is 16.3 Å². The second kappa shape index (κ2) is 5.42. The van der Waals surface area contributed by atoms with Crippen LogP contribution in [0.2, 0.25) is 5.02 Å². The van der Waals surface area contributed by atoms with E-state index in [-0.39, 0.29) is 10.2 Å². The molecule has 0 aliphatic heterocycles. The van der Waals surface area contributed by atoms with E-state index in [9.17, 15) is 0 Å². The molecule has 1 unspecified atom stereocenters. The van der Waals surface area contributed by atoms with Gasteiger partial charge in [0, 0.05) is 15.4 Å². The number of methoxy groups -OCH3 is 1. The van der Waals surface area contributed by atoms with Crippen LogP contribution in [0.5, 0.6) is 5.75 Å². The first-order valence-corrected chi connectivity index (χ1v) is 6.69. The molecule has 0 fully saturated rings. The third-order valence-corrected chi connectivity index (χ3v) is 5.03. The molecule has 0 bridgehead atoms. The molecule has 1 nitrogen and oxygen atoms in total. The molecule has 0 aliphatic carbocycles. The van der Waals surface area contributed by atoms with E-state index in [1.54, 1.807) is 7.11 Å². The van der Waals surface area contributed by atoms with Gasteiger partial charge in [0.05, 0.1) is 7.11 Å². The van der Waals surface area contributed by atoms with Crippen molar-refractivity contribution in [3.05, 3.63) is 28.8 Å². The SMILES string of the molecule is CCC(C)(C)C(Br)c1cc(Cl)ccc1OC. The van der Waals surface area contributed by atoms with Crippen LogP contribution in [0.25, 0.3) is 0 Å². The van der Waals surface area contributed by atoms with Crippen molar-refractivity contribution in [3.63, 3.8) is 0 Å². The van der Waals surface area contributed by atoms with Gasteiger partial charge in [-0.15, -0.1) is 0 Å². The second-order valence-corrected chi connectivity index (χ2v) is 5.94. The summed E-state index contributed by atoms with van der Waals surface area (Å²) in [5.74, 6) is 0.882. The van der Waals surface area contributed by atoms with Gasteiger partial charge < -0.3 is 4.74 Å². The maximum atomic E-state index is 6.03. The van der Waals surface area contributed by atoms with Gasteiger partial charge in [-0.25, -0.2) is 0 Å². The summed E-state index contributed by atoms with van der Waals surface area (Å²) in [6.45, 7) is 6.64. The Morgan fingerprint density at radius 2 is 2.06 bits per heavy atom. The largest absolute Gasteiger partial charge is 0.496 e. The third-order valence-electron chi connectivity index (χ3n) is 3.06. The average Bonchev–Trinajstić information content (AvgIpc) is 2.28. The molecular formula is C13H18BrClO. The maximum Gasteiger partial charge on any atom is 0.123 e. The molecule has 16 heavy (non-hydrogen) atoms. The van der Waals surface area contributed by atoms with Crippen molar-refractivity contribution in [3.8, 4) is 5.75 Å². The molecule has 1 aromatic rings. The Bertz CT molecular complexity index is 363. The number of halogens is 2. The van der Waals surface area contributed by atoms with Crippen molar-refractivity contribution in [1.82, 2.24) is 0 Å². The molecule has 0 amide bonds. The zero-order valence-electron chi connectivity index (χ0n) is 10.2. The minimum Gasteiger partial charge on any atom is -0.496 e. The highest BCUT2D eigenvalue weighted by Crippen LogP contribution is 2.46. The quantitative estimate of drug-likeness (QED) is 0.693. The fraction of sp³-hybridized carbons (Fsp3) is 0.538. The summed E-state index contributed by atoms with van der Waals surface area (Å²) in [6.07, 6.45) is 1.08. The van der Waals surface area contributed by atoms with Gasteiger partial charge in [0.15, 0.2) is 0 Å². The predicted octanol–water partition coefficient (Wildman–Crippen LogP) is 5.22. The Morgan fingerprint density at radius 3 is 2.56 bits per heavy atom. The van der Waals surface area contributed by atoms with Crippen molar-refractivity contribution < 1.29 is 4.74 Å². The monoisotopic (exact) mass is 304 g/mol. The summed E-state index contributed by atoms with van der Waals surface area (Å²) >= 11 is 9.79. The van der Waals surface area contributed by atoms with E-state index >= 15 is 0 Å². The van der Waals surface area contributed by atoms with Crippen molar-refractivity contribution in [2.24, 2.45) is 5.41 Å². The molecule has 0 aliphatic rings. The highest BCUT2D eigenvalue weighted by atomic mass is 79.9. The normalized spacial score (nSPS) is 13.6. The first kappa shape index (κ1) is 13.9. The topological polar surface area (TPSA) is 9.23 Å². The van der Waals surface area contributed by atoms with Crippen LogP contribution in [-0.2, 0) is 0 Å². The number of hydrogen-bond acceptors (Lipinski definition) is 1. The summed E-state index contributed by atoms with van der Waals surface area (Å²) in [5, 5.41) is 0.743. The van der Waals surface area contributed by atoms with Gasteiger partial charge in [-0.05, 0) is 30.0 Å². The molecule has 0 saturated heterocycles. The Labute approximate surface area is 111 Å². The van der Waals surface area contributed by atoms with Crippen LogP contribution in [0.15, 0.2) is 18.2 Å². The molecule has 1 atom stereocenters. The lowest BCUT2D eigenvalue weighted by atomic mass is 9.83. The molecule has 0 aromatic heterocycles. The first-order chi connectivity index (χ1) is 7.42. The minimum absolute atomic E-state index is 0.165. The van der Waals surface area contributed by atoms with Gasteiger partial charge in [-0.2, -0.15) is 0 Å². The molecule has 0 N–H and O–H groups in total. The second-order valence-electron chi connectivity index (χ2n) is 4.59. The van der Waals surface area contributed by atoms with E-state index in [2.05, 4.69) is 36.7 Å². The van der Waals surface area contributed by atoms with Gasteiger partial charge in [0.1, 0.15) is 5.75 Å². The van der Waals surface area contributed by atoms with Crippen LogP contribution < -0.4 is 4.74 Å². The fourth-order valence-electron chi connectivity index (χ4n) is 1.50. The summed E-state index contributed by atoms with van der Waals surface area (Å²) in [4.78, 5) is 0.235. The van der Waals surface area contributed by atoms with E-state index in [0.29, 0.717) is 0 Å². The average molecular weight is 306 g/mol. The molecule has 0 radical (unpaired) electrons. The molecule has 90 valence electrons. The highest BCUT2D eigenvalue weighted by Gasteiger charge is 2.29. The number of rotatable bonds is 4. The smallest absolute Gasteiger partial charge is 0.123 e. The van der Waals surface area contributed by atoms with Gasteiger partial charge in [-0.1, -0.05) is 48.3 Å². The van der Waals surface area contributed by atoms with E-state index < -0.39 is 0 Å². The molecule has 0 spiro atoms. The van der Waals surface area contributed by atoms with Crippen LogP contribution in [0, 0.1) is 5.41 Å². The molecular weight excluding hydrogens is 287 g/mol. The Hall–Kier alpha value is -0.210. The minimum atomic E-state index is 0.165. The van der Waals surface area contributed by atoms with Crippen molar-refractivity contribution in [1.29, 1.82) is 0 Å². The number of ether oxygens (including phenoxy) is 1. The van der Waals surface area contributed by atoms with E-state index in [1.165, 1.54) is 0 Å². The molecule has 0 saturated carbocycles. The summed E-state index contributed by atoms with van der Waals surface area (Å²) in [5.41, 5.74) is 1.28. The zero-order chi connectivity index (χ0) is 12.3.